The van der Waals surface area contributed by atoms with Crippen LogP contribution < -0.4 is 5.32 Å². The molecular weight excluding hydrogens is 356 g/mol. The zero-order chi connectivity index (χ0) is 19.3. The van der Waals surface area contributed by atoms with Gasteiger partial charge >= 0.3 is 6.09 Å². The van der Waals surface area contributed by atoms with Crippen LogP contribution in [0.5, 0.6) is 0 Å². The van der Waals surface area contributed by atoms with Crippen LogP contribution in [0.15, 0.2) is 36.5 Å². The fourth-order valence-electron chi connectivity index (χ4n) is 3.16. The van der Waals surface area contributed by atoms with Crippen LogP contribution in [-0.4, -0.2) is 32.5 Å². The standard InChI is InChI=1S/C19H15F2N3O3/c1-9-11(3-2-4-13(9)20)10-5-6-15-22-18(23-19(26)27)16(24(15)8-10)17(25)12-7-14(12)21/h2-6,8,12,14,23H,7H2,1H3,(H,26,27)/t12-,14+/m1/s1. The number of benzene rings is 1. The molecule has 2 heterocycles. The number of pyridine rings is 1. The summed E-state index contributed by atoms with van der Waals surface area (Å²) in [7, 11) is 0. The van der Waals surface area contributed by atoms with Crippen LogP contribution >= 0.6 is 0 Å². The summed E-state index contributed by atoms with van der Waals surface area (Å²) in [5.74, 6) is -1.80. The summed E-state index contributed by atoms with van der Waals surface area (Å²) in [5.41, 5.74) is 2.01. The monoisotopic (exact) mass is 371 g/mol. The molecule has 2 atom stereocenters. The van der Waals surface area contributed by atoms with Gasteiger partial charge in [0.2, 0.25) is 0 Å². The largest absolute Gasteiger partial charge is 0.465 e. The minimum atomic E-state index is -1.37. The Kier molecular flexibility index (Phi) is 3.91. The quantitative estimate of drug-likeness (QED) is 0.677. The predicted octanol–water partition coefficient (Wildman–Crippen LogP) is 4.08. The minimum Gasteiger partial charge on any atom is -0.465 e. The number of anilines is 1. The molecule has 6 nitrogen and oxygen atoms in total. The van der Waals surface area contributed by atoms with Gasteiger partial charge in [-0.15, -0.1) is 0 Å². The Balaban J connectivity index is 1.90. The van der Waals surface area contributed by atoms with Crippen molar-refractivity contribution in [1.29, 1.82) is 0 Å². The van der Waals surface area contributed by atoms with Crippen molar-refractivity contribution in [2.45, 2.75) is 19.5 Å². The molecule has 1 aliphatic carbocycles. The lowest BCUT2D eigenvalue weighted by molar-refractivity contribution is 0.0952. The van der Waals surface area contributed by atoms with E-state index in [9.17, 15) is 18.4 Å². The Bertz CT molecular complexity index is 1090. The van der Waals surface area contributed by atoms with E-state index < -0.39 is 24.0 Å². The first-order valence-electron chi connectivity index (χ1n) is 8.32. The molecule has 1 fully saturated rings. The molecule has 4 rings (SSSR count). The number of carbonyl (C=O) groups excluding carboxylic acids is 1. The van der Waals surface area contributed by atoms with Crippen LogP contribution in [0, 0.1) is 18.7 Å². The van der Waals surface area contributed by atoms with E-state index in [0.717, 1.165) is 0 Å². The van der Waals surface area contributed by atoms with E-state index in [0.29, 0.717) is 22.3 Å². The van der Waals surface area contributed by atoms with Crippen LogP contribution in [0.4, 0.5) is 19.4 Å². The number of hydrogen-bond acceptors (Lipinski definition) is 3. The average Bonchev–Trinajstić information content (AvgIpc) is 3.24. The Labute approximate surface area is 152 Å². The second-order valence-electron chi connectivity index (χ2n) is 6.52. The van der Waals surface area contributed by atoms with Crippen LogP contribution in [0.2, 0.25) is 0 Å². The van der Waals surface area contributed by atoms with Gasteiger partial charge in [-0.25, -0.2) is 18.6 Å². The lowest BCUT2D eigenvalue weighted by Gasteiger charge is -2.09. The molecule has 1 saturated carbocycles. The minimum absolute atomic E-state index is 0.0199. The van der Waals surface area contributed by atoms with Crippen molar-refractivity contribution in [3.63, 3.8) is 0 Å². The number of nitrogens with one attached hydrogen (secondary N) is 1. The molecular formula is C19H15F2N3O3. The molecule has 1 amide bonds. The number of fused-ring (bicyclic) bond motifs is 1. The van der Waals surface area contributed by atoms with Gasteiger partial charge in [-0.3, -0.25) is 14.5 Å². The zero-order valence-corrected chi connectivity index (χ0v) is 14.2. The maximum Gasteiger partial charge on any atom is 0.410 e. The van der Waals surface area contributed by atoms with Crippen molar-refractivity contribution in [2.75, 3.05) is 5.32 Å². The van der Waals surface area contributed by atoms with Crippen molar-refractivity contribution >= 4 is 23.3 Å². The molecule has 0 radical (unpaired) electrons. The van der Waals surface area contributed by atoms with E-state index in [1.807, 2.05) is 0 Å². The van der Waals surface area contributed by atoms with Crippen molar-refractivity contribution in [2.24, 2.45) is 5.92 Å². The molecule has 0 unspecified atom stereocenters. The third kappa shape index (κ3) is 2.92. The number of ketones is 1. The molecule has 1 aliphatic rings. The van der Waals surface area contributed by atoms with Crippen molar-refractivity contribution in [3.8, 4) is 11.1 Å². The van der Waals surface area contributed by atoms with E-state index in [2.05, 4.69) is 10.3 Å². The van der Waals surface area contributed by atoms with Crippen molar-refractivity contribution in [3.05, 3.63) is 53.6 Å². The lowest BCUT2D eigenvalue weighted by Crippen LogP contribution is -2.14. The number of carboxylic acid groups (broad SMARTS) is 1. The first-order valence-corrected chi connectivity index (χ1v) is 8.32. The van der Waals surface area contributed by atoms with Crippen molar-refractivity contribution < 1.29 is 23.5 Å². The molecule has 3 aromatic rings. The molecule has 2 aromatic heterocycles. The van der Waals surface area contributed by atoms with Gasteiger partial charge in [-0.2, -0.15) is 0 Å². The van der Waals surface area contributed by atoms with Gasteiger partial charge in [-0.1, -0.05) is 12.1 Å². The molecule has 0 saturated heterocycles. The van der Waals surface area contributed by atoms with Gasteiger partial charge in [0.15, 0.2) is 11.6 Å². The maximum absolute atomic E-state index is 13.9. The molecule has 0 aliphatic heterocycles. The number of aromatic nitrogens is 2. The summed E-state index contributed by atoms with van der Waals surface area (Å²) < 4.78 is 28.8. The Morgan fingerprint density at radius 1 is 1.30 bits per heavy atom. The maximum atomic E-state index is 13.9. The van der Waals surface area contributed by atoms with Crippen LogP contribution in [-0.2, 0) is 0 Å². The number of carbonyl (C=O) groups is 2. The van der Waals surface area contributed by atoms with Gasteiger partial charge in [-0.05, 0) is 48.2 Å². The number of imidazole rings is 1. The number of Topliss-reactive ketones (excluding diaryl/α,β-unsaturated/α-hetero) is 1. The lowest BCUT2D eigenvalue weighted by atomic mass is 10.0. The van der Waals surface area contributed by atoms with Crippen LogP contribution in [0.1, 0.15) is 22.5 Å². The Morgan fingerprint density at radius 3 is 2.70 bits per heavy atom. The molecule has 27 heavy (non-hydrogen) atoms. The SMILES string of the molecule is Cc1c(F)cccc1-c1ccc2nc(NC(=O)O)c(C(=O)[C@@H]3C[C@@H]3F)n2c1. The summed E-state index contributed by atoms with van der Waals surface area (Å²) in [6, 6.07) is 7.98. The van der Waals surface area contributed by atoms with E-state index in [4.69, 9.17) is 5.11 Å². The number of alkyl halides is 1. The Hall–Kier alpha value is -3.29. The third-order valence-corrected chi connectivity index (χ3v) is 4.71. The first-order chi connectivity index (χ1) is 12.9. The fourth-order valence-corrected chi connectivity index (χ4v) is 3.16. The summed E-state index contributed by atoms with van der Waals surface area (Å²) >= 11 is 0. The highest BCUT2D eigenvalue weighted by Crippen LogP contribution is 2.38. The number of amides is 1. The van der Waals surface area contributed by atoms with E-state index >= 15 is 0 Å². The summed E-state index contributed by atoms with van der Waals surface area (Å²) in [4.78, 5) is 27.9. The van der Waals surface area contributed by atoms with Gasteiger partial charge in [0.05, 0.1) is 5.92 Å². The number of nitrogens with zero attached hydrogens (tertiary/aromatic N) is 2. The summed E-state index contributed by atoms with van der Waals surface area (Å²) in [5, 5.41) is 11.1. The van der Waals surface area contributed by atoms with Crippen molar-refractivity contribution in [1.82, 2.24) is 9.38 Å². The topological polar surface area (TPSA) is 83.7 Å². The molecule has 0 bridgehead atoms. The highest BCUT2D eigenvalue weighted by Gasteiger charge is 2.45. The van der Waals surface area contributed by atoms with E-state index in [1.54, 1.807) is 37.4 Å². The number of hydrogen-bond donors (Lipinski definition) is 2. The third-order valence-electron chi connectivity index (χ3n) is 4.71. The second-order valence-corrected chi connectivity index (χ2v) is 6.52. The number of halogens is 2. The molecule has 2 N–H and O–H groups in total. The molecule has 1 aromatic carbocycles. The summed E-state index contributed by atoms with van der Waals surface area (Å²) in [6.45, 7) is 1.64. The van der Waals surface area contributed by atoms with Gasteiger partial charge in [0.25, 0.3) is 0 Å². The normalized spacial score (nSPS) is 18.5. The highest BCUT2D eigenvalue weighted by atomic mass is 19.1. The average molecular weight is 371 g/mol. The van der Waals surface area contributed by atoms with Gasteiger partial charge < -0.3 is 5.11 Å². The van der Waals surface area contributed by atoms with E-state index in [-0.39, 0.29) is 23.7 Å². The Morgan fingerprint density at radius 2 is 2.04 bits per heavy atom. The van der Waals surface area contributed by atoms with Crippen LogP contribution in [0.3, 0.4) is 0 Å². The first kappa shape index (κ1) is 17.1. The number of rotatable bonds is 4. The van der Waals surface area contributed by atoms with Gasteiger partial charge in [0, 0.05) is 6.20 Å². The molecule has 138 valence electrons. The van der Waals surface area contributed by atoms with Crippen LogP contribution in [0.25, 0.3) is 16.8 Å². The smallest absolute Gasteiger partial charge is 0.410 e. The molecule has 0 spiro atoms. The second kappa shape index (κ2) is 6.15. The van der Waals surface area contributed by atoms with E-state index in [1.165, 1.54) is 10.5 Å². The zero-order valence-electron chi connectivity index (χ0n) is 14.2. The van der Waals surface area contributed by atoms with Gasteiger partial charge in [0.1, 0.15) is 23.3 Å². The summed E-state index contributed by atoms with van der Waals surface area (Å²) in [6.07, 6.45) is -0.906. The fraction of sp³-hybridized carbons (Fsp3) is 0.211. The predicted molar refractivity (Wildman–Crippen MR) is 94.3 cm³/mol. The molecule has 8 heteroatoms. The highest BCUT2D eigenvalue weighted by molar-refractivity contribution is 6.05.